The van der Waals surface area contributed by atoms with Crippen molar-refractivity contribution in [1.82, 2.24) is 4.98 Å². The predicted molar refractivity (Wildman–Crippen MR) is 84.4 cm³/mol. The van der Waals surface area contributed by atoms with Crippen molar-refractivity contribution >= 4 is 23.4 Å². The molecule has 0 fully saturated rings. The molecule has 0 saturated heterocycles. The topological polar surface area (TPSA) is 42.0 Å². The van der Waals surface area contributed by atoms with Gasteiger partial charge in [-0.1, -0.05) is 30.0 Å². The number of rotatable bonds is 4. The van der Waals surface area contributed by atoms with Gasteiger partial charge in [0.15, 0.2) is 0 Å². The van der Waals surface area contributed by atoms with Crippen LogP contribution in [0.3, 0.4) is 0 Å². The van der Waals surface area contributed by atoms with Crippen LogP contribution in [0.4, 0.5) is 18.9 Å². The van der Waals surface area contributed by atoms with Gasteiger partial charge in [0.2, 0.25) is 5.91 Å². The van der Waals surface area contributed by atoms with E-state index in [1.54, 1.807) is 13.0 Å². The summed E-state index contributed by atoms with van der Waals surface area (Å²) in [5.74, 6) is -0.231. The van der Waals surface area contributed by atoms with Crippen LogP contribution in [0.25, 0.3) is 0 Å². The summed E-state index contributed by atoms with van der Waals surface area (Å²) in [7, 11) is 0. The number of para-hydroxylation sites is 1. The monoisotopic (exact) mass is 340 g/mol. The number of nitrogens with zero attached hydrogens (tertiary/aromatic N) is 1. The molecule has 2 rings (SSSR count). The van der Waals surface area contributed by atoms with Crippen LogP contribution in [0.5, 0.6) is 0 Å². The van der Waals surface area contributed by atoms with Gasteiger partial charge in [-0.15, -0.1) is 0 Å². The number of halogens is 3. The minimum atomic E-state index is -4.41. The molecule has 1 aromatic heterocycles. The van der Waals surface area contributed by atoms with Crippen molar-refractivity contribution in [3.05, 3.63) is 53.7 Å². The Morgan fingerprint density at radius 3 is 2.48 bits per heavy atom. The summed E-state index contributed by atoms with van der Waals surface area (Å²) < 4.78 is 37.4. The molecule has 0 aliphatic rings. The molecule has 1 unspecified atom stereocenters. The van der Waals surface area contributed by atoms with Gasteiger partial charge in [0, 0.05) is 11.9 Å². The second-order valence-electron chi connectivity index (χ2n) is 4.95. The molecule has 0 radical (unpaired) electrons. The fraction of sp³-hybridized carbons (Fsp3) is 0.250. The van der Waals surface area contributed by atoms with E-state index in [1.807, 2.05) is 25.1 Å². The van der Waals surface area contributed by atoms with Gasteiger partial charge in [-0.2, -0.15) is 13.2 Å². The van der Waals surface area contributed by atoms with E-state index in [0.717, 1.165) is 29.6 Å². The van der Waals surface area contributed by atoms with Crippen LogP contribution in [0, 0.1) is 6.92 Å². The van der Waals surface area contributed by atoms with Crippen LogP contribution in [-0.2, 0) is 11.0 Å². The van der Waals surface area contributed by atoms with Crippen molar-refractivity contribution in [2.75, 3.05) is 5.32 Å². The first-order valence-corrected chi connectivity index (χ1v) is 7.72. The highest BCUT2D eigenvalue weighted by atomic mass is 32.2. The minimum Gasteiger partial charge on any atom is -0.325 e. The Labute approximate surface area is 136 Å². The summed E-state index contributed by atoms with van der Waals surface area (Å²) in [5.41, 5.74) is 0.842. The third-order valence-electron chi connectivity index (χ3n) is 3.13. The molecular formula is C16H15F3N2OS. The molecular weight excluding hydrogens is 325 g/mol. The fourth-order valence-corrected chi connectivity index (χ4v) is 2.59. The summed E-state index contributed by atoms with van der Waals surface area (Å²) in [4.78, 5) is 15.9. The number of hydrogen-bond donors (Lipinski definition) is 1. The second kappa shape index (κ2) is 7.04. The highest BCUT2D eigenvalue weighted by molar-refractivity contribution is 8.00. The van der Waals surface area contributed by atoms with E-state index in [9.17, 15) is 18.0 Å². The number of aromatic nitrogens is 1. The number of benzene rings is 1. The van der Waals surface area contributed by atoms with Crippen molar-refractivity contribution in [3.63, 3.8) is 0 Å². The molecule has 0 aliphatic carbocycles. The zero-order valence-electron chi connectivity index (χ0n) is 12.5. The lowest BCUT2D eigenvalue weighted by Crippen LogP contribution is -2.22. The molecule has 122 valence electrons. The second-order valence-corrected chi connectivity index (χ2v) is 6.31. The van der Waals surface area contributed by atoms with Crippen LogP contribution in [0.15, 0.2) is 47.6 Å². The summed E-state index contributed by atoms with van der Waals surface area (Å²) in [6.45, 7) is 3.56. The zero-order valence-corrected chi connectivity index (χ0v) is 13.3. The molecule has 3 nitrogen and oxygen atoms in total. The summed E-state index contributed by atoms with van der Waals surface area (Å²) in [6, 6.07) is 9.59. The smallest absolute Gasteiger partial charge is 0.325 e. The number of alkyl halides is 3. The van der Waals surface area contributed by atoms with Crippen LogP contribution in [0.1, 0.15) is 18.1 Å². The van der Waals surface area contributed by atoms with Crippen LogP contribution >= 0.6 is 11.8 Å². The molecule has 1 amide bonds. The molecule has 1 aromatic carbocycles. The van der Waals surface area contributed by atoms with Gasteiger partial charge in [0.05, 0.1) is 15.8 Å². The average Bonchev–Trinajstić information content (AvgIpc) is 2.49. The van der Waals surface area contributed by atoms with Gasteiger partial charge >= 0.3 is 6.18 Å². The SMILES string of the molecule is Cc1ccccc1NC(=O)C(C)Sc1ccc(C(F)(F)F)cn1. The Balaban J connectivity index is 2.00. The van der Waals surface area contributed by atoms with Crippen molar-refractivity contribution in [2.24, 2.45) is 0 Å². The molecule has 7 heteroatoms. The van der Waals surface area contributed by atoms with Gasteiger partial charge in [-0.05, 0) is 37.6 Å². The van der Waals surface area contributed by atoms with Crippen molar-refractivity contribution in [1.29, 1.82) is 0 Å². The van der Waals surface area contributed by atoms with E-state index in [4.69, 9.17) is 0 Å². The first-order valence-electron chi connectivity index (χ1n) is 6.84. The molecule has 1 atom stereocenters. The predicted octanol–water partition coefficient (Wildman–Crippen LogP) is 4.53. The van der Waals surface area contributed by atoms with Gasteiger partial charge < -0.3 is 5.32 Å². The Kier molecular flexibility index (Phi) is 5.30. The highest BCUT2D eigenvalue weighted by Gasteiger charge is 2.30. The Hall–Kier alpha value is -2.02. The maximum atomic E-state index is 12.5. The number of carbonyl (C=O) groups is 1. The maximum Gasteiger partial charge on any atom is 0.417 e. The number of hydrogen-bond acceptors (Lipinski definition) is 3. The van der Waals surface area contributed by atoms with E-state index in [0.29, 0.717) is 10.7 Å². The zero-order chi connectivity index (χ0) is 17.0. The molecule has 1 heterocycles. The van der Waals surface area contributed by atoms with E-state index in [1.165, 1.54) is 6.07 Å². The van der Waals surface area contributed by atoms with Gasteiger partial charge in [0.25, 0.3) is 0 Å². The van der Waals surface area contributed by atoms with E-state index < -0.39 is 17.0 Å². The first-order chi connectivity index (χ1) is 10.8. The van der Waals surface area contributed by atoms with Gasteiger partial charge in [0.1, 0.15) is 0 Å². The number of anilines is 1. The number of carbonyl (C=O) groups excluding carboxylic acids is 1. The maximum absolute atomic E-state index is 12.5. The number of aryl methyl sites for hydroxylation is 1. The number of pyridine rings is 1. The Bertz CT molecular complexity index is 686. The lowest BCUT2D eigenvalue weighted by molar-refractivity contribution is -0.137. The molecule has 2 aromatic rings. The van der Waals surface area contributed by atoms with Gasteiger partial charge in [-0.25, -0.2) is 4.98 Å². The van der Waals surface area contributed by atoms with Crippen LogP contribution in [0.2, 0.25) is 0 Å². The van der Waals surface area contributed by atoms with Crippen molar-refractivity contribution in [2.45, 2.75) is 30.3 Å². The summed E-state index contributed by atoms with van der Waals surface area (Å²) >= 11 is 1.11. The quantitative estimate of drug-likeness (QED) is 0.832. The Morgan fingerprint density at radius 2 is 1.91 bits per heavy atom. The third-order valence-corrected chi connectivity index (χ3v) is 4.18. The summed E-state index contributed by atoms with van der Waals surface area (Å²) in [5, 5.41) is 2.68. The average molecular weight is 340 g/mol. The molecule has 1 N–H and O–H groups in total. The van der Waals surface area contributed by atoms with E-state index in [2.05, 4.69) is 10.3 Å². The normalized spacial score (nSPS) is 12.7. The number of amides is 1. The minimum absolute atomic E-state index is 0.231. The first kappa shape index (κ1) is 17.3. The number of nitrogens with one attached hydrogen (secondary N) is 1. The number of thioether (sulfide) groups is 1. The molecule has 0 bridgehead atoms. The Morgan fingerprint density at radius 1 is 1.22 bits per heavy atom. The van der Waals surface area contributed by atoms with E-state index in [-0.39, 0.29) is 5.91 Å². The molecule has 0 aliphatic heterocycles. The lowest BCUT2D eigenvalue weighted by atomic mass is 10.2. The van der Waals surface area contributed by atoms with Crippen LogP contribution < -0.4 is 5.32 Å². The van der Waals surface area contributed by atoms with Crippen LogP contribution in [-0.4, -0.2) is 16.1 Å². The van der Waals surface area contributed by atoms with Crippen molar-refractivity contribution in [3.8, 4) is 0 Å². The largest absolute Gasteiger partial charge is 0.417 e. The lowest BCUT2D eigenvalue weighted by Gasteiger charge is -2.13. The third kappa shape index (κ3) is 4.72. The molecule has 23 heavy (non-hydrogen) atoms. The fourth-order valence-electron chi connectivity index (χ4n) is 1.80. The summed E-state index contributed by atoms with van der Waals surface area (Å²) in [6.07, 6.45) is -3.64. The van der Waals surface area contributed by atoms with Gasteiger partial charge in [-0.3, -0.25) is 4.79 Å². The van der Waals surface area contributed by atoms with Crippen molar-refractivity contribution < 1.29 is 18.0 Å². The molecule has 0 spiro atoms. The standard InChI is InChI=1S/C16H15F3N2OS/c1-10-5-3-4-6-13(10)21-15(22)11(2)23-14-8-7-12(9-20-14)16(17,18)19/h3-9,11H,1-2H3,(H,21,22). The molecule has 0 saturated carbocycles. The van der Waals surface area contributed by atoms with E-state index >= 15 is 0 Å². The highest BCUT2D eigenvalue weighted by Crippen LogP contribution is 2.30.